The minimum atomic E-state index is -1.61. The first-order chi connectivity index (χ1) is 15.9. The Morgan fingerprint density at radius 2 is 1.64 bits per heavy atom. The molecule has 2 aromatic carbocycles. The van der Waals surface area contributed by atoms with Crippen molar-refractivity contribution in [1.29, 1.82) is 0 Å². The van der Waals surface area contributed by atoms with Gasteiger partial charge in [-0.1, -0.05) is 48.5 Å². The number of aliphatic carboxylic acids is 1. The molecule has 0 unspecified atom stereocenters. The van der Waals surface area contributed by atoms with Crippen LogP contribution in [0, 0.1) is 5.92 Å². The van der Waals surface area contributed by atoms with Crippen molar-refractivity contribution in [3.05, 3.63) is 59.7 Å². The highest BCUT2D eigenvalue weighted by Crippen LogP contribution is 2.44. The molecule has 0 aliphatic heterocycles. The van der Waals surface area contributed by atoms with Gasteiger partial charge in [-0.15, -0.1) is 0 Å². The average molecular weight is 453 g/mol. The zero-order valence-corrected chi connectivity index (χ0v) is 18.2. The van der Waals surface area contributed by atoms with E-state index in [1.807, 2.05) is 24.3 Å². The molecular formula is C25H28N2O6. The van der Waals surface area contributed by atoms with E-state index in [0.29, 0.717) is 6.42 Å². The zero-order chi connectivity index (χ0) is 23.4. The van der Waals surface area contributed by atoms with Gasteiger partial charge in [0, 0.05) is 18.4 Å². The molecule has 1 fully saturated rings. The fourth-order valence-electron chi connectivity index (χ4n) is 4.83. The first-order valence-electron chi connectivity index (χ1n) is 11.2. The molecule has 1 saturated carbocycles. The second-order valence-corrected chi connectivity index (χ2v) is 8.71. The summed E-state index contributed by atoms with van der Waals surface area (Å²) in [6.45, 7) is -0.0629. The number of benzene rings is 2. The predicted molar refractivity (Wildman–Crippen MR) is 121 cm³/mol. The number of carbonyl (C=O) groups excluding carboxylic acids is 2. The molecule has 0 radical (unpaired) electrons. The summed E-state index contributed by atoms with van der Waals surface area (Å²) in [5, 5.41) is 23.2. The summed E-state index contributed by atoms with van der Waals surface area (Å²) < 4.78 is 5.59. The third-order valence-electron chi connectivity index (χ3n) is 6.46. The van der Waals surface area contributed by atoms with Crippen molar-refractivity contribution in [3.8, 4) is 11.1 Å². The van der Waals surface area contributed by atoms with Gasteiger partial charge in [-0.25, -0.2) is 9.59 Å². The Morgan fingerprint density at radius 1 is 1.00 bits per heavy atom. The van der Waals surface area contributed by atoms with E-state index in [9.17, 15) is 19.5 Å². The third kappa shape index (κ3) is 5.34. The van der Waals surface area contributed by atoms with Gasteiger partial charge in [-0.05, 0) is 47.4 Å². The minimum absolute atomic E-state index is 0.00401. The van der Waals surface area contributed by atoms with Crippen LogP contribution in [0.4, 0.5) is 4.79 Å². The van der Waals surface area contributed by atoms with Gasteiger partial charge in [0.15, 0.2) is 6.10 Å². The molecule has 4 N–H and O–H groups in total. The molecule has 0 heterocycles. The first-order valence-corrected chi connectivity index (χ1v) is 11.2. The van der Waals surface area contributed by atoms with E-state index in [-0.39, 0.29) is 43.4 Å². The SMILES string of the molecule is O=C(C[C@@H]1CC[C@H](NC(=O)OCC2c3ccccc3-c3ccccc32)C1)NC[C@H](O)C(=O)O. The number of amides is 2. The summed E-state index contributed by atoms with van der Waals surface area (Å²) >= 11 is 0. The van der Waals surface area contributed by atoms with Crippen molar-refractivity contribution >= 4 is 18.0 Å². The van der Waals surface area contributed by atoms with Crippen molar-refractivity contribution < 1.29 is 29.3 Å². The molecule has 0 saturated heterocycles. The van der Waals surface area contributed by atoms with Crippen molar-refractivity contribution in [2.24, 2.45) is 5.92 Å². The predicted octanol–water partition coefficient (Wildman–Crippen LogP) is 2.65. The van der Waals surface area contributed by atoms with Gasteiger partial charge in [-0.3, -0.25) is 4.79 Å². The lowest BCUT2D eigenvalue weighted by atomic mass is 9.98. The first kappa shape index (κ1) is 22.8. The van der Waals surface area contributed by atoms with Gasteiger partial charge >= 0.3 is 12.1 Å². The summed E-state index contributed by atoms with van der Waals surface area (Å²) in [7, 11) is 0. The molecule has 2 amide bonds. The van der Waals surface area contributed by atoms with Gasteiger partial charge in [0.1, 0.15) is 6.61 Å². The highest BCUT2D eigenvalue weighted by atomic mass is 16.5. The highest BCUT2D eigenvalue weighted by molar-refractivity contribution is 5.79. The Hall–Kier alpha value is -3.39. The molecule has 174 valence electrons. The maximum Gasteiger partial charge on any atom is 0.407 e. The summed E-state index contributed by atoms with van der Waals surface area (Å²) in [5.41, 5.74) is 4.67. The largest absolute Gasteiger partial charge is 0.479 e. The highest BCUT2D eigenvalue weighted by Gasteiger charge is 2.31. The molecular weight excluding hydrogens is 424 g/mol. The molecule has 0 aromatic heterocycles. The zero-order valence-electron chi connectivity index (χ0n) is 18.2. The number of hydrogen-bond donors (Lipinski definition) is 4. The maximum atomic E-state index is 12.5. The van der Waals surface area contributed by atoms with E-state index in [1.165, 1.54) is 11.1 Å². The number of carboxylic acid groups (broad SMARTS) is 1. The lowest BCUT2D eigenvalue weighted by molar-refractivity contribution is -0.146. The van der Waals surface area contributed by atoms with Crippen LogP contribution in [0.5, 0.6) is 0 Å². The van der Waals surface area contributed by atoms with Crippen molar-refractivity contribution in [1.82, 2.24) is 10.6 Å². The quantitative estimate of drug-likeness (QED) is 0.488. The standard InChI is InChI=1S/C25H28N2O6/c28-22(24(30)31)13-26-23(29)12-15-9-10-16(11-15)27-25(32)33-14-21-19-7-3-1-5-17(19)18-6-2-4-8-20(18)21/h1-8,15-16,21-22,28H,9-14H2,(H,26,29)(H,27,32)(H,30,31)/t15-,16+,22+/m1/s1. The van der Waals surface area contributed by atoms with Crippen LogP contribution in [-0.2, 0) is 14.3 Å². The number of nitrogens with one attached hydrogen (secondary N) is 2. The van der Waals surface area contributed by atoms with Crippen LogP contribution in [0.1, 0.15) is 42.7 Å². The maximum absolute atomic E-state index is 12.5. The molecule has 2 aliphatic carbocycles. The number of carboxylic acids is 1. The Morgan fingerprint density at radius 3 is 2.27 bits per heavy atom. The minimum Gasteiger partial charge on any atom is -0.479 e. The number of alkyl carbamates (subject to hydrolysis) is 1. The van der Waals surface area contributed by atoms with Crippen LogP contribution in [0.2, 0.25) is 0 Å². The van der Waals surface area contributed by atoms with E-state index < -0.39 is 18.2 Å². The van der Waals surface area contributed by atoms with Crippen LogP contribution in [0.15, 0.2) is 48.5 Å². The summed E-state index contributed by atoms with van der Waals surface area (Å²) in [6.07, 6.45) is 0.342. The Kier molecular flexibility index (Phi) is 6.93. The van der Waals surface area contributed by atoms with E-state index >= 15 is 0 Å². The van der Waals surface area contributed by atoms with Crippen LogP contribution in [-0.4, -0.2) is 53.5 Å². The molecule has 33 heavy (non-hydrogen) atoms. The molecule has 0 bridgehead atoms. The summed E-state index contributed by atoms with van der Waals surface area (Å²) in [6, 6.07) is 16.3. The molecule has 3 atom stereocenters. The monoisotopic (exact) mass is 452 g/mol. The van der Waals surface area contributed by atoms with E-state index in [0.717, 1.165) is 24.0 Å². The van der Waals surface area contributed by atoms with Gasteiger partial charge in [-0.2, -0.15) is 0 Å². The molecule has 0 spiro atoms. The molecule has 2 aromatic rings. The van der Waals surface area contributed by atoms with Gasteiger partial charge in [0.25, 0.3) is 0 Å². The van der Waals surface area contributed by atoms with E-state index in [4.69, 9.17) is 9.84 Å². The number of aliphatic hydroxyl groups is 1. The van der Waals surface area contributed by atoms with Gasteiger partial charge in [0.05, 0.1) is 6.54 Å². The summed E-state index contributed by atoms with van der Waals surface area (Å²) in [4.78, 5) is 35.0. The van der Waals surface area contributed by atoms with Gasteiger partial charge in [0.2, 0.25) is 5.91 Å². The third-order valence-corrected chi connectivity index (χ3v) is 6.46. The van der Waals surface area contributed by atoms with Crippen molar-refractivity contribution in [2.75, 3.05) is 13.2 Å². The molecule has 8 nitrogen and oxygen atoms in total. The number of rotatable bonds is 8. The topological polar surface area (TPSA) is 125 Å². The Bertz CT molecular complexity index is 994. The van der Waals surface area contributed by atoms with E-state index in [1.54, 1.807) is 0 Å². The normalized spacial score (nSPS) is 19.9. The second-order valence-electron chi connectivity index (χ2n) is 8.71. The number of carbonyl (C=O) groups is 3. The molecule has 2 aliphatic rings. The van der Waals surface area contributed by atoms with Crippen LogP contribution >= 0.6 is 0 Å². The second kappa shape index (κ2) is 10.0. The van der Waals surface area contributed by atoms with Gasteiger partial charge < -0.3 is 25.6 Å². The van der Waals surface area contributed by atoms with Crippen molar-refractivity contribution in [2.45, 2.75) is 43.7 Å². The summed E-state index contributed by atoms with van der Waals surface area (Å²) in [5.74, 6) is -1.58. The lowest BCUT2D eigenvalue weighted by Crippen LogP contribution is -2.37. The Labute approximate surface area is 192 Å². The number of aliphatic hydroxyl groups excluding tert-OH is 1. The molecule has 8 heteroatoms. The molecule has 4 rings (SSSR count). The number of fused-ring (bicyclic) bond motifs is 3. The van der Waals surface area contributed by atoms with Crippen LogP contribution in [0.25, 0.3) is 11.1 Å². The van der Waals surface area contributed by atoms with Crippen molar-refractivity contribution in [3.63, 3.8) is 0 Å². The Balaban J connectivity index is 1.24. The number of hydrogen-bond acceptors (Lipinski definition) is 5. The lowest BCUT2D eigenvalue weighted by Gasteiger charge is -2.17. The van der Waals surface area contributed by atoms with Crippen LogP contribution in [0.3, 0.4) is 0 Å². The smallest absolute Gasteiger partial charge is 0.407 e. The average Bonchev–Trinajstić information content (AvgIpc) is 3.37. The fourth-order valence-corrected chi connectivity index (χ4v) is 4.83. The fraction of sp³-hybridized carbons (Fsp3) is 0.400. The van der Waals surface area contributed by atoms with E-state index in [2.05, 4.69) is 34.9 Å². The number of ether oxygens (including phenoxy) is 1. The van der Waals surface area contributed by atoms with Crippen LogP contribution < -0.4 is 10.6 Å².